The van der Waals surface area contributed by atoms with E-state index in [1.807, 2.05) is 29.2 Å². The Balaban J connectivity index is 1.44. The molecule has 1 unspecified atom stereocenters. The molecule has 1 aliphatic heterocycles. The van der Waals surface area contributed by atoms with Crippen molar-refractivity contribution in [1.29, 1.82) is 0 Å². The Labute approximate surface area is 173 Å². The molecule has 2 N–H and O–H groups in total. The first kappa shape index (κ1) is 21.3. The number of nitrogens with one attached hydrogen (secondary N) is 2. The molecular weight excluding hydrogens is 368 g/mol. The van der Waals surface area contributed by atoms with Crippen LogP contribution in [-0.4, -0.2) is 62.7 Å². The average molecular weight is 403 g/mol. The van der Waals surface area contributed by atoms with Gasteiger partial charge in [-0.15, -0.1) is 0 Å². The number of carbonyl (C=O) groups excluding carboxylic acids is 1. The van der Waals surface area contributed by atoms with Crippen LogP contribution in [0.25, 0.3) is 0 Å². The molecule has 7 heteroatoms. The molecule has 160 valence electrons. The second-order valence-electron chi connectivity index (χ2n) is 7.68. The van der Waals surface area contributed by atoms with Gasteiger partial charge < -0.3 is 25.0 Å². The minimum Gasteiger partial charge on any atom is -0.497 e. The zero-order chi connectivity index (χ0) is 20.5. The first-order chi connectivity index (χ1) is 14.2. The number of carbonyl (C=O) groups is 1. The lowest BCUT2D eigenvalue weighted by Gasteiger charge is -2.21. The Bertz CT molecular complexity index is 688. The number of hydrogen-bond donors (Lipinski definition) is 2. The third kappa shape index (κ3) is 6.27. The van der Waals surface area contributed by atoms with Crippen molar-refractivity contribution < 1.29 is 14.3 Å². The molecule has 1 amide bonds. The van der Waals surface area contributed by atoms with Crippen LogP contribution in [0.5, 0.6) is 11.5 Å². The van der Waals surface area contributed by atoms with Crippen molar-refractivity contribution in [2.24, 2.45) is 10.9 Å². The van der Waals surface area contributed by atoms with E-state index in [1.165, 1.54) is 12.8 Å². The van der Waals surface area contributed by atoms with Crippen LogP contribution in [0.4, 0.5) is 0 Å². The molecule has 1 aromatic rings. The van der Waals surface area contributed by atoms with Crippen LogP contribution in [0, 0.1) is 5.92 Å². The highest BCUT2D eigenvalue weighted by atomic mass is 16.5. The van der Waals surface area contributed by atoms with Crippen molar-refractivity contribution in [3.63, 3.8) is 0 Å². The molecule has 0 aromatic heterocycles. The van der Waals surface area contributed by atoms with Crippen LogP contribution in [0.2, 0.25) is 0 Å². The number of likely N-dealkylation sites (tertiary alicyclic amines) is 1. The number of benzene rings is 1. The van der Waals surface area contributed by atoms with Gasteiger partial charge in [0.25, 0.3) is 0 Å². The zero-order valence-corrected chi connectivity index (χ0v) is 17.7. The van der Waals surface area contributed by atoms with E-state index in [2.05, 4.69) is 22.5 Å². The number of nitrogens with zero attached hydrogens (tertiary/aromatic N) is 2. The second-order valence-corrected chi connectivity index (χ2v) is 7.68. The van der Waals surface area contributed by atoms with Gasteiger partial charge in [-0.2, -0.15) is 0 Å². The summed E-state index contributed by atoms with van der Waals surface area (Å²) in [5.74, 6) is 2.93. The molecule has 7 nitrogen and oxygen atoms in total. The van der Waals surface area contributed by atoms with Crippen molar-refractivity contribution >= 4 is 11.9 Å². The van der Waals surface area contributed by atoms with E-state index in [9.17, 15) is 4.79 Å². The fourth-order valence-corrected chi connectivity index (χ4v) is 4.03. The molecule has 0 bridgehead atoms. The normalized spacial score (nSPS) is 20.0. The first-order valence-electron chi connectivity index (χ1n) is 10.8. The molecule has 1 heterocycles. The molecule has 1 atom stereocenters. The number of guanidine groups is 1. The lowest BCUT2D eigenvalue weighted by molar-refractivity contribution is -0.134. The van der Waals surface area contributed by atoms with Crippen LogP contribution in [0.3, 0.4) is 0 Å². The molecule has 1 aromatic carbocycles. The molecular formula is C22H34N4O3. The highest BCUT2D eigenvalue weighted by Gasteiger charge is 2.32. The van der Waals surface area contributed by atoms with Gasteiger partial charge in [0.15, 0.2) is 5.96 Å². The molecule has 1 saturated carbocycles. The number of rotatable bonds is 8. The molecule has 29 heavy (non-hydrogen) atoms. The minimum absolute atomic E-state index is 0.248. The topological polar surface area (TPSA) is 75.2 Å². The summed E-state index contributed by atoms with van der Waals surface area (Å²) in [6, 6.07) is 7.81. The van der Waals surface area contributed by atoms with Gasteiger partial charge in [-0.1, -0.05) is 18.9 Å². The Morgan fingerprint density at radius 1 is 1.24 bits per heavy atom. The minimum atomic E-state index is 0.248. The average Bonchev–Trinajstić information content (AvgIpc) is 3.43. The number of methoxy groups -OCH3 is 1. The lowest BCUT2D eigenvalue weighted by atomic mass is 10.1. The van der Waals surface area contributed by atoms with Crippen LogP contribution in [0.1, 0.15) is 39.0 Å². The Morgan fingerprint density at radius 2 is 2.03 bits per heavy atom. The summed E-state index contributed by atoms with van der Waals surface area (Å²) in [6.45, 7) is 5.48. The van der Waals surface area contributed by atoms with E-state index in [1.54, 1.807) is 7.11 Å². The van der Waals surface area contributed by atoms with E-state index < -0.39 is 0 Å². The largest absolute Gasteiger partial charge is 0.497 e. The molecule has 2 aliphatic rings. The van der Waals surface area contributed by atoms with Crippen molar-refractivity contribution in [2.45, 2.75) is 45.1 Å². The number of amides is 1. The fourth-order valence-electron chi connectivity index (χ4n) is 4.03. The van der Waals surface area contributed by atoms with Gasteiger partial charge in [0.2, 0.25) is 5.91 Å². The maximum Gasteiger partial charge on any atom is 0.225 e. The Kier molecular flexibility index (Phi) is 8.02. The first-order valence-corrected chi connectivity index (χ1v) is 10.8. The third-order valence-corrected chi connectivity index (χ3v) is 5.56. The Morgan fingerprint density at radius 3 is 2.79 bits per heavy atom. The number of ether oxygens (including phenoxy) is 2. The van der Waals surface area contributed by atoms with Gasteiger partial charge in [-0.3, -0.25) is 4.79 Å². The third-order valence-electron chi connectivity index (χ3n) is 5.56. The lowest BCUT2D eigenvalue weighted by Crippen LogP contribution is -2.45. The summed E-state index contributed by atoms with van der Waals surface area (Å²) in [7, 11) is 1.64. The van der Waals surface area contributed by atoms with Crippen LogP contribution in [0.15, 0.2) is 29.3 Å². The standard InChI is InChI=1S/C22H34N4O3/c1-3-23-22(24-12-14-29-20-10-6-9-19(15-20)28-2)25-18-11-13-26(16-18)21(27)17-7-4-5-8-17/h6,9-10,15,17-18H,3-5,7-8,11-14,16H2,1-2H3,(H2,23,24,25). The van der Waals surface area contributed by atoms with Gasteiger partial charge in [0, 0.05) is 37.7 Å². The maximum atomic E-state index is 12.6. The van der Waals surface area contributed by atoms with Gasteiger partial charge >= 0.3 is 0 Å². The van der Waals surface area contributed by atoms with E-state index in [4.69, 9.17) is 9.47 Å². The van der Waals surface area contributed by atoms with E-state index in [0.29, 0.717) is 19.1 Å². The van der Waals surface area contributed by atoms with Crippen molar-refractivity contribution in [3.05, 3.63) is 24.3 Å². The highest BCUT2D eigenvalue weighted by molar-refractivity contribution is 5.81. The Hall–Kier alpha value is -2.44. The molecule has 1 aliphatic carbocycles. The van der Waals surface area contributed by atoms with Gasteiger partial charge in [-0.25, -0.2) is 4.99 Å². The van der Waals surface area contributed by atoms with Crippen molar-refractivity contribution in [2.75, 3.05) is 39.9 Å². The number of hydrogen-bond acceptors (Lipinski definition) is 4. The van der Waals surface area contributed by atoms with E-state index in [0.717, 1.165) is 56.4 Å². The van der Waals surface area contributed by atoms with Gasteiger partial charge in [0.05, 0.1) is 13.7 Å². The number of aliphatic imine (C=N–C) groups is 1. The summed E-state index contributed by atoms with van der Waals surface area (Å²) in [4.78, 5) is 19.3. The summed E-state index contributed by atoms with van der Waals surface area (Å²) in [6.07, 6.45) is 5.47. The van der Waals surface area contributed by atoms with Gasteiger partial charge in [0.1, 0.15) is 18.1 Å². The molecule has 3 rings (SSSR count). The molecule has 0 radical (unpaired) electrons. The molecule has 2 fully saturated rings. The quantitative estimate of drug-likeness (QED) is 0.397. The van der Waals surface area contributed by atoms with Crippen LogP contribution < -0.4 is 20.1 Å². The summed E-state index contributed by atoms with van der Waals surface area (Å²) in [5.41, 5.74) is 0. The fraction of sp³-hybridized carbons (Fsp3) is 0.636. The summed E-state index contributed by atoms with van der Waals surface area (Å²) in [5, 5.41) is 6.76. The zero-order valence-electron chi connectivity index (χ0n) is 17.7. The van der Waals surface area contributed by atoms with Crippen LogP contribution in [-0.2, 0) is 4.79 Å². The SMILES string of the molecule is CCNC(=NCCOc1cccc(OC)c1)NC1CCN(C(=O)C2CCCC2)C1. The van der Waals surface area contributed by atoms with E-state index in [-0.39, 0.29) is 12.0 Å². The highest BCUT2D eigenvalue weighted by Crippen LogP contribution is 2.27. The van der Waals surface area contributed by atoms with Crippen molar-refractivity contribution in [1.82, 2.24) is 15.5 Å². The second kappa shape index (κ2) is 10.9. The predicted molar refractivity (Wildman–Crippen MR) is 115 cm³/mol. The molecule has 1 saturated heterocycles. The summed E-state index contributed by atoms with van der Waals surface area (Å²) >= 11 is 0. The predicted octanol–water partition coefficient (Wildman–Crippen LogP) is 2.42. The maximum absolute atomic E-state index is 12.6. The van der Waals surface area contributed by atoms with Crippen molar-refractivity contribution in [3.8, 4) is 11.5 Å². The monoisotopic (exact) mass is 402 g/mol. The molecule has 0 spiro atoms. The van der Waals surface area contributed by atoms with E-state index >= 15 is 0 Å². The smallest absolute Gasteiger partial charge is 0.225 e. The van der Waals surface area contributed by atoms with Gasteiger partial charge in [-0.05, 0) is 38.3 Å². The summed E-state index contributed by atoms with van der Waals surface area (Å²) < 4.78 is 11.0. The van der Waals surface area contributed by atoms with Crippen LogP contribution >= 0.6 is 0 Å².